The Hall–Kier alpha value is -2.84. The molecule has 0 unspecified atom stereocenters. The fourth-order valence-corrected chi connectivity index (χ4v) is 7.58. The molecule has 0 saturated carbocycles. The molecular weight excluding hydrogens is 442 g/mol. The van der Waals surface area contributed by atoms with Crippen molar-refractivity contribution in [3.63, 3.8) is 0 Å². The topological polar surface area (TPSA) is 33.0 Å². The van der Waals surface area contributed by atoms with Crippen molar-refractivity contribution in [3.8, 4) is 11.8 Å². The highest BCUT2D eigenvalue weighted by Gasteiger charge is 2.38. The summed E-state index contributed by atoms with van der Waals surface area (Å²) in [4.78, 5) is 6.40. The minimum atomic E-state index is -0.218. The highest BCUT2D eigenvalue weighted by molar-refractivity contribution is 8.04. The fraction of sp³-hybridized carbons (Fsp3) is 0.0385. The summed E-state index contributed by atoms with van der Waals surface area (Å²) in [7, 11) is -0.218. The van der Waals surface area contributed by atoms with E-state index in [1.54, 1.807) is 6.07 Å². The molecule has 0 atom stereocenters. The number of hydrogen-bond donors (Lipinski definition) is 0. The number of ether oxygens (including phenoxy) is 1. The lowest BCUT2D eigenvalue weighted by molar-refractivity contribution is 0.306. The maximum absolute atomic E-state index is 9.07. The number of hydrogen-bond acceptors (Lipinski definition) is 3. The molecule has 0 radical (unpaired) electrons. The Morgan fingerprint density at radius 3 is 2.23 bits per heavy atom. The van der Waals surface area contributed by atoms with Gasteiger partial charge in [-0.25, -0.2) is 0 Å². The zero-order valence-electron chi connectivity index (χ0n) is 16.4. The van der Waals surface area contributed by atoms with E-state index in [-0.39, 0.29) is 10.9 Å². The highest BCUT2D eigenvalue weighted by Crippen LogP contribution is 2.48. The molecule has 31 heavy (non-hydrogen) atoms. The third-order valence-corrected chi connectivity index (χ3v) is 8.97. The van der Waals surface area contributed by atoms with E-state index in [1.807, 2.05) is 42.1 Å². The molecule has 0 N–H and O–H groups in total. The van der Waals surface area contributed by atoms with Gasteiger partial charge in [-0.1, -0.05) is 59.8 Å². The number of halogens is 1. The Labute approximate surface area is 193 Å². The molecule has 1 heterocycles. The van der Waals surface area contributed by atoms with Crippen molar-refractivity contribution in [3.05, 3.63) is 107 Å². The van der Waals surface area contributed by atoms with Crippen LogP contribution in [0.15, 0.2) is 115 Å². The standard InChI is InChI=1S/C26H17ClNOS2/c27-21-15-20(12-13-22(21)29-17-19-7-5-6-18(14-19)16-28)31-25-10-3-1-8-23(25)30-24-9-2-4-11-26(24)31/h1-15H,17H2/q+1. The Morgan fingerprint density at radius 1 is 0.839 bits per heavy atom. The minimum absolute atomic E-state index is 0.218. The minimum Gasteiger partial charge on any atom is -0.487 e. The van der Waals surface area contributed by atoms with Gasteiger partial charge in [0, 0.05) is 6.07 Å². The number of nitrogens with zero attached hydrogens (tertiary/aromatic N) is 1. The first-order valence-electron chi connectivity index (χ1n) is 9.74. The van der Waals surface area contributed by atoms with E-state index in [4.69, 9.17) is 21.6 Å². The Kier molecular flexibility index (Phi) is 5.65. The SMILES string of the molecule is N#Cc1cccc(COc2ccc([S+]3c4ccccc4Sc4ccccc43)cc2Cl)c1. The maximum Gasteiger partial charge on any atom is 0.180 e. The second-order valence-electron chi connectivity index (χ2n) is 6.99. The molecule has 0 bridgehead atoms. The van der Waals surface area contributed by atoms with Crippen molar-refractivity contribution in [1.29, 1.82) is 5.26 Å². The summed E-state index contributed by atoms with van der Waals surface area (Å²) >= 11 is 8.47. The number of benzene rings is 4. The maximum atomic E-state index is 9.07. The molecule has 0 saturated heterocycles. The zero-order valence-corrected chi connectivity index (χ0v) is 18.8. The molecule has 2 nitrogen and oxygen atoms in total. The van der Waals surface area contributed by atoms with Gasteiger partial charge in [0.2, 0.25) is 0 Å². The van der Waals surface area contributed by atoms with Gasteiger partial charge in [0.25, 0.3) is 0 Å². The first-order valence-corrected chi connectivity index (χ1v) is 12.2. The van der Waals surface area contributed by atoms with E-state index in [1.165, 1.54) is 24.5 Å². The van der Waals surface area contributed by atoms with Gasteiger partial charge in [0.15, 0.2) is 14.7 Å². The van der Waals surface area contributed by atoms with E-state index in [0.29, 0.717) is 22.9 Å². The third kappa shape index (κ3) is 4.05. The van der Waals surface area contributed by atoms with E-state index in [0.717, 1.165) is 5.56 Å². The normalized spacial score (nSPS) is 12.5. The van der Waals surface area contributed by atoms with E-state index >= 15 is 0 Å². The smallest absolute Gasteiger partial charge is 0.180 e. The summed E-state index contributed by atoms with van der Waals surface area (Å²) in [6.07, 6.45) is 0. The van der Waals surface area contributed by atoms with Crippen LogP contribution < -0.4 is 4.74 Å². The second-order valence-corrected chi connectivity index (χ2v) is 10.4. The average molecular weight is 459 g/mol. The fourth-order valence-electron chi connectivity index (χ4n) is 3.51. The summed E-state index contributed by atoms with van der Waals surface area (Å²) in [6, 6.07) is 32.8. The molecule has 5 heteroatoms. The van der Waals surface area contributed by atoms with Gasteiger partial charge in [-0.15, -0.1) is 0 Å². The van der Waals surface area contributed by atoms with Crippen molar-refractivity contribution >= 4 is 34.3 Å². The van der Waals surface area contributed by atoms with Gasteiger partial charge in [0.05, 0.1) is 26.4 Å². The second kappa shape index (κ2) is 8.72. The summed E-state index contributed by atoms with van der Waals surface area (Å²) in [5, 5.41) is 9.66. The van der Waals surface area contributed by atoms with Gasteiger partial charge in [-0.2, -0.15) is 5.26 Å². The molecule has 0 fully saturated rings. The average Bonchev–Trinajstić information content (AvgIpc) is 2.82. The third-order valence-electron chi connectivity index (χ3n) is 4.95. The molecule has 0 aliphatic carbocycles. The van der Waals surface area contributed by atoms with E-state index in [9.17, 15) is 0 Å². The van der Waals surface area contributed by atoms with Crippen LogP contribution in [0.2, 0.25) is 5.02 Å². The van der Waals surface area contributed by atoms with Gasteiger partial charge in [0.1, 0.15) is 23.3 Å². The van der Waals surface area contributed by atoms with Crippen molar-refractivity contribution in [1.82, 2.24) is 0 Å². The summed E-state index contributed by atoms with van der Waals surface area (Å²) in [6.45, 7) is 0.364. The van der Waals surface area contributed by atoms with E-state index in [2.05, 4.69) is 60.7 Å². The van der Waals surface area contributed by atoms with Crippen LogP contribution in [0.5, 0.6) is 5.75 Å². The number of rotatable bonds is 4. The highest BCUT2D eigenvalue weighted by atomic mass is 35.5. The van der Waals surface area contributed by atoms with Crippen LogP contribution in [0.1, 0.15) is 11.1 Å². The lowest BCUT2D eigenvalue weighted by Crippen LogP contribution is -2.11. The van der Waals surface area contributed by atoms with Crippen molar-refractivity contribution < 1.29 is 4.74 Å². The molecule has 0 aromatic heterocycles. The van der Waals surface area contributed by atoms with Crippen LogP contribution in [0.4, 0.5) is 0 Å². The summed E-state index contributed by atoms with van der Waals surface area (Å²) in [5.74, 6) is 0.643. The molecule has 150 valence electrons. The Balaban J connectivity index is 1.46. The largest absolute Gasteiger partial charge is 0.487 e. The molecule has 4 aromatic carbocycles. The molecule has 0 amide bonds. The Morgan fingerprint density at radius 2 is 1.55 bits per heavy atom. The molecule has 1 aliphatic rings. The predicted molar refractivity (Wildman–Crippen MR) is 126 cm³/mol. The lowest BCUT2D eigenvalue weighted by Gasteiger charge is -2.19. The van der Waals surface area contributed by atoms with Gasteiger partial charge in [-0.3, -0.25) is 0 Å². The number of nitriles is 1. The van der Waals surface area contributed by atoms with Gasteiger partial charge < -0.3 is 4.74 Å². The van der Waals surface area contributed by atoms with Gasteiger partial charge >= 0.3 is 0 Å². The predicted octanol–water partition coefficient (Wildman–Crippen LogP) is 7.35. The van der Waals surface area contributed by atoms with Crippen molar-refractivity contribution in [2.75, 3.05) is 0 Å². The quantitative estimate of drug-likeness (QED) is 0.264. The molecule has 1 aliphatic heterocycles. The van der Waals surface area contributed by atoms with Crippen LogP contribution in [0.3, 0.4) is 0 Å². The summed E-state index contributed by atoms with van der Waals surface area (Å²) < 4.78 is 5.96. The molecule has 4 aromatic rings. The van der Waals surface area contributed by atoms with Crippen LogP contribution in [0.25, 0.3) is 0 Å². The Bertz CT molecular complexity index is 1270. The lowest BCUT2D eigenvalue weighted by atomic mass is 10.1. The van der Waals surface area contributed by atoms with Crippen LogP contribution in [0, 0.1) is 11.3 Å². The zero-order chi connectivity index (χ0) is 21.2. The van der Waals surface area contributed by atoms with Crippen LogP contribution in [-0.4, -0.2) is 0 Å². The molecule has 0 spiro atoms. The van der Waals surface area contributed by atoms with Crippen LogP contribution >= 0.6 is 23.4 Å². The van der Waals surface area contributed by atoms with Crippen LogP contribution in [-0.2, 0) is 17.5 Å². The van der Waals surface area contributed by atoms with Crippen molar-refractivity contribution in [2.24, 2.45) is 0 Å². The first-order chi connectivity index (χ1) is 15.2. The summed E-state index contributed by atoms with van der Waals surface area (Å²) in [5.41, 5.74) is 1.56. The molecular formula is C26H17ClNOS2+. The van der Waals surface area contributed by atoms with E-state index < -0.39 is 0 Å². The molecule has 5 rings (SSSR count). The number of fused-ring (bicyclic) bond motifs is 2. The first kappa shape index (κ1) is 20.1. The van der Waals surface area contributed by atoms with Gasteiger partial charge in [-0.05, 0) is 54.1 Å². The monoisotopic (exact) mass is 458 g/mol. The van der Waals surface area contributed by atoms with Crippen molar-refractivity contribution in [2.45, 2.75) is 31.1 Å².